The molecular formula is C10H8Br2O3. The zero-order valence-electron chi connectivity index (χ0n) is 7.67. The smallest absolute Gasteiger partial charge is 0.336 e. The first-order chi connectivity index (χ1) is 7.06. The number of ketones is 1. The van der Waals surface area contributed by atoms with E-state index in [1.807, 2.05) is 0 Å². The Morgan fingerprint density at radius 3 is 2.47 bits per heavy atom. The minimum absolute atomic E-state index is 0.0373. The van der Waals surface area contributed by atoms with E-state index in [1.54, 1.807) is 6.07 Å². The summed E-state index contributed by atoms with van der Waals surface area (Å²) in [5.41, 5.74) is 0.292. The molecule has 1 aromatic rings. The van der Waals surface area contributed by atoms with Gasteiger partial charge in [0, 0.05) is 21.8 Å². The lowest BCUT2D eigenvalue weighted by Gasteiger charge is -2.04. The Balaban J connectivity index is 3.17. The number of Topliss-reactive ketones (excluding diaryl/α,β-unsaturated/α-hetero) is 1. The molecule has 0 saturated carbocycles. The molecular weight excluding hydrogens is 328 g/mol. The van der Waals surface area contributed by atoms with Gasteiger partial charge in [-0.25, -0.2) is 4.79 Å². The van der Waals surface area contributed by atoms with E-state index in [1.165, 1.54) is 12.1 Å². The summed E-state index contributed by atoms with van der Waals surface area (Å²) in [6, 6.07) is 4.62. The van der Waals surface area contributed by atoms with Crippen LogP contribution in [0.2, 0.25) is 0 Å². The number of carboxylic acids is 1. The van der Waals surface area contributed by atoms with E-state index < -0.39 is 5.97 Å². The molecule has 0 heterocycles. The maximum absolute atomic E-state index is 11.6. The molecule has 3 nitrogen and oxygen atoms in total. The van der Waals surface area contributed by atoms with Crippen molar-refractivity contribution in [1.29, 1.82) is 0 Å². The number of carboxylic acid groups (broad SMARTS) is 1. The highest BCUT2D eigenvalue weighted by Crippen LogP contribution is 2.18. The molecule has 1 rings (SSSR count). The van der Waals surface area contributed by atoms with Gasteiger partial charge in [-0.2, -0.15) is 0 Å². The van der Waals surface area contributed by atoms with Crippen molar-refractivity contribution in [3.8, 4) is 0 Å². The monoisotopic (exact) mass is 334 g/mol. The van der Waals surface area contributed by atoms with Crippen LogP contribution in [-0.4, -0.2) is 22.2 Å². The summed E-state index contributed by atoms with van der Waals surface area (Å²) in [7, 11) is 0. The lowest BCUT2D eigenvalue weighted by molar-refractivity contribution is 0.0692. The molecule has 1 aromatic carbocycles. The van der Waals surface area contributed by atoms with Crippen LogP contribution in [0.4, 0.5) is 0 Å². The summed E-state index contributed by atoms with van der Waals surface area (Å²) < 4.78 is 0.648. The minimum Gasteiger partial charge on any atom is -0.478 e. The predicted octanol–water partition coefficient (Wildman–Crippen LogP) is 3.12. The minimum atomic E-state index is -1.09. The second kappa shape index (κ2) is 5.42. The molecule has 0 aliphatic carbocycles. The summed E-state index contributed by atoms with van der Waals surface area (Å²) in [5, 5.41) is 9.45. The van der Waals surface area contributed by atoms with E-state index in [0.29, 0.717) is 16.2 Å². The molecule has 0 fully saturated rings. The maximum atomic E-state index is 11.6. The number of alkyl halides is 1. The fourth-order valence-electron chi connectivity index (χ4n) is 1.16. The largest absolute Gasteiger partial charge is 0.478 e. The fraction of sp³-hybridized carbons (Fsp3) is 0.200. The van der Waals surface area contributed by atoms with E-state index in [-0.39, 0.29) is 16.9 Å². The van der Waals surface area contributed by atoms with Gasteiger partial charge in [0.25, 0.3) is 0 Å². The van der Waals surface area contributed by atoms with Crippen LogP contribution in [0, 0.1) is 0 Å². The van der Waals surface area contributed by atoms with Crippen molar-refractivity contribution in [2.75, 3.05) is 5.33 Å². The highest BCUT2D eigenvalue weighted by molar-refractivity contribution is 9.10. The number of hydrogen-bond donors (Lipinski definition) is 1. The highest BCUT2D eigenvalue weighted by Gasteiger charge is 2.15. The SMILES string of the molecule is O=C(O)c1cc(Br)ccc1C(=O)CCBr. The molecule has 0 unspecified atom stereocenters. The van der Waals surface area contributed by atoms with E-state index in [0.717, 1.165) is 0 Å². The van der Waals surface area contributed by atoms with Crippen molar-refractivity contribution in [3.05, 3.63) is 33.8 Å². The molecule has 0 saturated heterocycles. The first-order valence-electron chi connectivity index (χ1n) is 4.18. The van der Waals surface area contributed by atoms with Gasteiger partial charge in [0.15, 0.2) is 5.78 Å². The summed E-state index contributed by atoms with van der Waals surface area (Å²) in [4.78, 5) is 22.5. The lowest BCUT2D eigenvalue weighted by Crippen LogP contribution is -2.08. The van der Waals surface area contributed by atoms with Crippen molar-refractivity contribution >= 4 is 43.6 Å². The van der Waals surface area contributed by atoms with Gasteiger partial charge >= 0.3 is 5.97 Å². The third kappa shape index (κ3) is 3.14. The number of carbonyl (C=O) groups excluding carboxylic acids is 1. The normalized spacial score (nSPS) is 10.0. The molecule has 0 radical (unpaired) electrons. The quantitative estimate of drug-likeness (QED) is 0.679. The number of rotatable bonds is 4. The fourth-order valence-corrected chi connectivity index (χ4v) is 1.88. The van der Waals surface area contributed by atoms with Gasteiger partial charge in [-0.3, -0.25) is 4.79 Å². The van der Waals surface area contributed by atoms with Crippen molar-refractivity contribution in [3.63, 3.8) is 0 Å². The first-order valence-corrected chi connectivity index (χ1v) is 6.09. The molecule has 0 spiro atoms. The van der Waals surface area contributed by atoms with E-state index in [4.69, 9.17) is 5.11 Å². The van der Waals surface area contributed by atoms with Crippen LogP contribution in [0.5, 0.6) is 0 Å². The van der Waals surface area contributed by atoms with Crippen LogP contribution >= 0.6 is 31.9 Å². The van der Waals surface area contributed by atoms with Gasteiger partial charge in [-0.1, -0.05) is 31.9 Å². The maximum Gasteiger partial charge on any atom is 0.336 e. The molecule has 0 bridgehead atoms. The van der Waals surface area contributed by atoms with Crippen molar-refractivity contribution in [1.82, 2.24) is 0 Å². The molecule has 0 aliphatic rings. The average Bonchev–Trinajstić information content (AvgIpc) is 2.17. The summed E-state index contributed by atoms with van der Waals surface area (Å²) in [6.07, 6.45) is 0.294. The summed E-state index contributed by atoms with van der Waals surface area (Å²) in [6.45, 7) is 0. The van der Waals surface area contributed by atoms with Gasteiger partial charge in [0.2, 0.25) is 0 Å². The summed E-state index contributed by atoms with van der Waals surface area (Å²) in [5.74, 6) is -1.26. The van der Waals surface area contributed by atoms with Crippen molar-refractivity contribution in [2.45, 2.75) is 6.42 Å². The average molecular weight is 336 g/mol. The number of halogens is 2. The van der Waals surface area contributed by atoms with Crippen molar-refractivity contribution in [2.24, 2.45) is 0 Å². The standard InChI is InChI=1S/C10H8Br2O3/c11-4-3-9(13)7-2-1-6(12)5-8(7)10(14)15/h1-2,5H,3-4H2,(H,14,15). The number of carbonyl (C=O) groups is 2. The zero-order valence-corrected chi connectivity index (χ0v) is 10.8. The van der Waals surface area contributed by atoms with E-state index in [2.05, 4.69) is 31.9 Å². The molecule has 0 atom stereocenters. The Morgan fingerprint density at radius 2 is 1.93 bits per heavy atom. The second-order valence-corrected chi connectivity index (χ2v) is 4.57. The Labute approximate surface area is 104 Å². The first kappa shape index (κ1) is 12.4. The Morgan fingerprint density at radius 1 is 1.27 bits per heavy atom. The number of aromatic carboxylic acids is 1. The van der Waals surface area contributed by atoms with Crippen LogP contribution in [0.1, 0.15) is 27.1 Å². The van der Waals surface area contributed by atoms with E-state index >= 15 is 0 Å². The molecule has 0 aliphatic heterocycles. The summed E-state index contributed by atoms with van der Waals surface area (Å²) >= 11 is 6.31. The van der Waals surface area contributed by atoms with Gasteiger partial charge in [-0.05, 0) is 18.2 Å². The van der Waals surface area contributed by atoms with Gasteiger partial charge in [0.1, 0.15) is 0 Å². The van der Waals surface area contributed by atoms with Crippen LogP contribution in [0.25, 0.3) is 0 Å². The van der Waals surface area contributed by atoms with Gasteiger partial charge < -0.3 is 5.11 Å². The van der Waals surface area contributed by atoms with Gasteiger partial charge in [0.05, 0.1) is 5.56 Å². The van der Waals surface area contributed by atoms with Crippen LogP contribution in [0.15, 0.2) is 22.7 Å². The second-order valence-electron chi connectivity index (χ2n) is 2.86. The molecule has 5 heteroatoms. The third-order valence-corrected chi connectivity index (χ3v) is 2.72. The Bertz CT molecular complexity index is 402. The highest BCUT2D eigenvalue weighted by atomic mass is 79.9. The zero-order chi connectivity index (χ0) is 11.4. The van der Waals surface area contributed by atoms with Crippen LogP contribution in [-0.2, 0) is 0 Å². The number of benzene rings is 1. The molecule has 80 valence electrons. The third-order valence-electron chi connectivity index (χ3n) is 1.83. The topological polar surface area (TPSA) is 54.4 Å². The van der Waals surface area contributed by atoms with Crippen LogP contribution < -0.4 is 0 Å². The van der Waals surface area contributed by atoms with E-state index in [9.17, 15) is 9.59 Å². The van der Waals surface area contributed by atoms with Crippen molar-refractivity contribution < 1.29 is 14.7 Å². The number of hydrogen-bond acceptors (Lipinski definition) is 2. The lowest BCUT2D eigenvalue weighted by atomic mass is 10.0. The Hall–Kier alpha value is -0.680. The molecule has 15 heavy (non-hydrogen) atoms. The Kier molecular flexibility index (Phi) is 4.47. The molecule has 0 amide bonds. The predicted molar refractivity (Wildman–Crippen MR) is 63.8 cm³/mol. The molecule has 0 aromatic heterocycles. The van der Waals surface area contributed by atoms with Gasteiger partial charge in [-0.15, -0.1) is 0 Å². The molecule has 1 N–H and O–H groups in total. The van der Waals surface area contributed by atoms with Crippen LogP contribution in [0.3, 0.4) is 0 Å².